The summed E-state index contributed by atoms with van der Waals surface area (Å²) < 4.78 is 0. The van der Waals surface area contributed by atoms with E-state index in [9.17, 15) is 0 Å². The lowest BCUT2D eigenvalue weighted by Gasteiger charge is -2.28. The fraction of sp³-hybridized carbons (Fsp3) is 0.765. The standard InChI is InChI=1S/C17H31NS/c1-4-7-16(8-5-2)17(18-12-6-3)10-9-15-11-13-19-14-15/h11,13-14,16-18H,4-10,12H2,1-3H3. The maximum absolute atomic E-state index is 3.80. The molecule has 0 aliphatic heterocycles. The predicted octanol–water partition coefficient (Wildman–Crippen LogP) is 5.27. The smallest absolute Gasteiger partial charge is 0.00984 e. The van der Waals surface area contributed by atoms with Crippen LogP contribution in [-0.2, 0) is 6.42 Å². The molecule has 110 valence electrons. The van der Waals surface area contributed by atoms with E-state index in [4.69, 9.17) is 0 Å². The van der Waals surface area contributed by atoms with E-state index in [1.54, 1.807) is 0 Å². The van der Waals surface area contributed by atoms with Crippen molar-refractivity contribution in [2.45, 2.75) is 71.8 Å². The SMILES string of the molecule is CCCNC(CCc1ccsc1)C(CCC)CCC. The summed E-state index contributed by atoms with van der Waals surface area (Å²) in [4.78, 5) is 0. The van der Waals surface area contributed by atoms with Crippen molar-refractivity contribution < 1.29 is 0 Å². The van der Waals surface area contributed by atoms with Crippen LogP contribution in [-0.4, -0.2) is 12.6 Å². The molecule has 1 nitrogen and oxygen atoms in total. The van der Waals surface area contributed by atoms with E-state index < -0.39 is 0 Å². The molecule has 0 amide bonds. The second kappa shape index (κ2) is 10.4. The fourth-order valence-electron chi connectivity index (χ4n) is 2.88. The van der Waals surface area contributed by atoms with Gasteiger partial charge in [0.15, 0.2) is 0 Å². The van der Waals surface area contributed by atoms with Gasteiger partial charge in [0.05, 0.1) is 0 Å². The lowest BCUT2D eigenvalue weighted by molar-refractivity contribution is 0.297. The highest BCUT2D eigenvalue weighted by Gasteiger charge is 2.19. The molecule has 1 atom stereocenters. The van der Waals surface area contributed by atoms with Crippen molar-refractivity contribution in [1.29, 1.82) is 0 Å². The molecule has 0 aliphatic carbocycles. The van der Waals surface area contributed by atoms with Crippen molar-refractivity contribution in [3.8, 4) is 0 Å². The van der Waals surface area contributed by atoms with E-state index in [1.807, 2.05) is 11.3 Å². The molecule has 1 heterocycles. The third-order valence-corrected chi connectivity index (χ3v) is 4.60. The number of aryl methyl sites for hydroxylation is 1. The van der Waals surface area contributed by atoms with Crippen LogP contribution in [0, 0.1) is 5.92 Å². The van der Waals surface area contributed by atoms with Gasteiger partial charge < -0.3 is 5.32 Å². The van der Waals surface area contributed by atoms with Crippen LogP contribution in [0.25, 0.3) is 0 Å². The maximum atomic E-state index is 3.80. The largest absolute Gasteiger partial charge is 0.314 e. The minimum absolute atomic E-state index is 0.708. The molecule has 0 aliphatic rings. The van der Waals surface area contributed by atoms with Gasteiger partial charge in [-0.2, -0.15) is 11.3 Å². The summed E-state index contributed by atoms with van der Waals surface area (Å²) in [6.45, 7) is 8.06. The van der Waals surface area contributed by atoms with Gasteiger partial charge in [0.2, 0.25) is 0 Å². The molecule has 0 saturated carbocycles. The van der Waals surface area contributed by atoms with Gasteiger partial charge in [-0.25, -0.2) is 0 Å². The van der Waals surface area contributed by atoms with Crippen LogP contribution in [0.2, 0.25) is 0 Å². The molecule has 19 heavy (non-hydrogen) atoms. The zero-order valence-corrected chi connectivity index (χ0v) is 13.8. The van der Waals surface area contributed by atoms with Crippen molar-refractivity contribution in [3.63, 3.8) is 0 Å². The van der Waals surface area contributed by atoms with Crippen molar-refractivity contribution in [3.05, 3.63) is 22.4 Å². The van der Waals surface area contributed by atoms with Gasteiger partial charge >= 0.3 is 0 Å². The molecule has 1 aromatic rings. The van der Waals surface area contributed by atoms with Gasteiger partial charge in [0.25, 0.3) is 0 Å². The van der Waals surface area contributed by atoms with E-state index in [-0.39, 0.29) is 0 Å². The Morgan fingerprint density at radius 1 is 1.05 bits per heavy atom. The van der Waals surface area contributed by atoms with E-state index in [2.05, 4.69) is 42.9 Å². The molecule has 1 rings (SSSR count). The summed E-state index contributed by atoms with van der Waals surface area (Å²) >= 11 is 1.82. The average Bonchev–Trinajstić information content (AvgIpc) is 2.92. The van der Waals surface area contributed by atoms with Gasteiger partial charge in [-0.15, -0.1) is 0 Å². The number of thiophene rings is 1. The molecule has 1 aromatic heterocycles. The second-order valence-electron chi connectivity index (χ2n) is 5.57. The Morgan fingerprint density at radius 3 is 2.32 bits per heavy atom. The van der Waals surface area contributed by atoms with Gasteiger partial charge in [-0.3, -0.25) is 0 Å². The first-order valence-electron chi connectivity index (χ1n) is 8.06. The van der Waals surface area contributed by atoms with Gasteiger partial charge in [-0.05, 0) is 67.0 Å². The molecule has 0 spiro atoms. The lowest BCUT2D eigenvalue weighted by atomic mass is 9.87. The highest BCUT2D eigenvalue weighted by atomic mass is 32.1. The molecule has 1 N–H and O–H groups in total. The third-order valence-electron chi connectivity index (χ3n) is 3.87. The Morgan fingerprint density at radius 2 is 1.79 bits per heavy atom. The zero-order valence-electron chi connectivity index (χ0n) is 13.0. The lowest BCUT2D eigenvalue weighted by Crippen LogP contribution is -2.37. The van der Waals surface area contributed by atoms with Crippen LogP contribution < -0.4 is 5.32 Å². The summed E-state index contributed by atoms with van der Waals surface area (Å²) in [5, 5.41) is 8.30. The Hall–Kier alpha value is -0.340. The van der Waals surface area contributed by atoms with Crippen LogP contribution in [0.5, 0.6) is 0 Å². The van der Waals surface area contributed by atoms with Gasteiger partial charge in [0.1, 0.15) is 0 Å². The van der Waals surface area contributed by atoms with Gasteiger partial charge in [-0.1, -0.05) is 33.6 Å². The Bertz CT molecular complexity index is 288. The Kier molecular flexibility index (Phi) is 9.19. The second-order valence-corrected chi connectivity index (χ2v) is 6.35. The van der Waals surface area contributed by atoms with Crippen molar-refractivity contribution in [2.75, 3.05) is 6.54 Å². The minimum Gasteiger partial charge on any atom is -0.314 e. The number of hydrogen-bond donors (Lipinski definition) is 1. The highest BCUT2D eigenvalue weighted by Crippen LogP contribution is 2.22. The molecule has 0 bridgehead atoms. The predicted molar refractivity (Wildman–Crippen MR) is 88.0 cm³/mol. The summed E-state index contributed by atoms with van der Waals surface area (Å²) in [6.07, 6.45) is 9.13. The van der Waals surface area contributed by atoms with Crippen molar-refractivity contribution in [2.24, 2.45) is 5.92 Å². The summed E-state index contributed by atoms with van der Waals surface area (Å²) in [5.74, 6) is 0.861. The van der Waals surface area contributed by atoms with Crippen LogP contribution in [0.15, 0.2) is 16.8 Å². The Balaban J connectivity index is 2.51. The molecule has 2 heteroatoms. The molecular formula is C17H31NS. The fourth-order valence-corrected chi connectivity index (χ4v) is 3.58. The molecular weight excluding hydrogens is 250 g/mol. The van der Waals surface area contributed by atoms with Crippen molar-refractivity contribution >= 4 is 11.3 Å². The van der Waals surface area contributed by atoms with Crippen LogP contribution in [0.3, 0.4) is 0 Å². The van der Waals surface area contributed by atoms with Crippen LogP contribution in [0.4, 0.5) is 0 Å². The van der Waals surface area contributed by atoms with E-state index >= 15 is 0 Å². The van der Waals surface area contributed by atoms with E-state index in [0.29, 0.717) is 6.04 Å². The van der Waals surface area contributed by atoms with E-state index in [1.165, 1.54) is 50.5 Å². The van der Waals surface area contributed by atoms with Gasteiger partial charge in [0, 0.05) is 6.04 Å². The number of hydrogen-bond acceptors (Lipinski definition) is 2. The summed E-state index contributed by atoms with van der Waals surface area (Å²) in [7, 11) is 0. The molecule has 0 fully saturated rings. The Labute approximate surface area is 123 Å². The van der Waals surface area contributed by atoms with Crippen molar-refractivity contribution in [1.82, 2.24) is 5.32 Å². The first kappa shape index (κ1) is 16.7. The number of nitrogens with one attached hydrogen (secondary N) is 1. The molecule has 0 saturated heterocycles. The monoisotopic (exact) mass is 281 g/mol. The highest BCUT2D eigenvalue weighted by molar-refractivity contribution is 7.07. The third kappa shape index (κ3) is 6.58. The number of rotatable bonds is 11. The molecule has 0 aromatic carbocycles. The summed E-state index contributed by atoms with van der Waals surface area (Å²) in [5.41, 5.74) is 1.51. The van der Waals surface area contributed by atoms with E-state index in [0.717, 1.165) is 12.5 Å². The molecule has 1 unspecified atom stereocenters. The first-order valence-corrected chi connectivity index (χ1v) is 9.00. The minimum atomic E-state index is 0.708. The average molecular weight is 282 g/mol. The topological polar surface area (TPSA) is 12.0 Å². The maximum Gasteiger partial charge on any atom is 0.00984 e. The normalized spacial score (nSPS) is 13.1. The molecule has 0 radical (unpaired) electrons. The van der Waals surface area contributed by atoms with Crippen LogP contribution in [0.1, 0.15) is 64.9 Å². The zero-order chi connectivity index (χ0) is 13.9. The van der Waals surface area contributed by atoms with Crippen LogP contribution >= 0.6 is 11.3 Å². The quantitative estimate of drug-likeness (QED) is 0.583. The first-order chi connectivity index (χ1) is 9.31. The summed E-state index contributed by atoms with van der Waals surface area (Å²) in [6, 6.07) is 2.98.